The normalized spacial score (nSPS) is 30.9. The molecule has 0 spiro atoms. The van der Waals surface area contributed by atoms with Gasteiger partial charge < -0.3 is 5.11 Å². The number of thiazole rings is 1. The third kappa shape index (κ3) is 2.74. The fourth-order valence-corrected chi connectivity index (χ4v) is 4.69. The van der Waals surface area contributed by atoms with Gasteiger partial charge in [-0.25, -0.2) is 4.98 Å². The summed E-state index contributed by atoms with van der Waals surface area (Å²) in [5.41, 5.74) is 0. The van der Waals surface area contributed by atoms with Crippen LogP contribution in [-0.4, -0.2) is 33.0 Å². The molecule has 3 unspecified atom stereocenters. The highest BCUT2D eigenvalue weighted by atomic mass is 32.1. The Bertz CT molecular complexity index is 488. The second kappa shape index (κ2) is 5.82. The van der Waals surface area contributed by atoms with E-state index in [0.717, 1.165) is 30.8 Å². The highest BCUT2D eigenvalue weighted by molar-refractivity contribution is 7.11. The van der Waals surface area contributed by atoms with Gasteiger partial charge in [0.05, 0.1) is 5.01 Å². The smallest absolute Gasteiger partial charge is 0.320 e. The van der Waals surface area contributed by atoms with Crippen LogP contribution in [0.1, 0.15) is 48.4 Å². The number of aromatic nitrogens is 1. The first kappa shape index (κ1) is 14.0. The van der Waals surface area contributed by atoms with Crippen molar-refractivity contribution in [2.75, 3.05) is 0 Å². The number of carbonyl (C=O) groups is 1. The number of aliphatic carboxylic acids is 1. The molecular weight excluding hydrogens is 272 g/mol. The van der Waals surface area contributed by atoms with Crippen molar-refractivity contribution in [3.05, 3.63) is 16.1 Å². The Hall–Kier alpha value is -0.940. The fraction of sp³-hybridized carbons (Fsp3) is 0.733. The van der Waals surface area contributed by atoms with Crippen LogP contribution in [0.2, 0.25) is 0 Å². The zero-order valence-corrected chi connectivity index (χ0v) is 12.7. The second-order valence-electron chi connectivity index (χ2n) is 6.06. The number of aryl methyl sites for hydroxylation is 1. The minimum Gasteiger partial charge on any atom is -0.480 e. The van der Waals surface area contributed by atoms with E-state index in [0.29, 0.717) is 12.0 Å². The van der Waals surface area contributed by atoms with Gasteiger partial charge in [0.2, 0.25) is 0 Å². The summed E-state index contributed by atoms with van der Waals surface area (Å²) >= 11 is 1.69. The molecule has 1 saturated heterocycles. The lowest BCUT2D eigenvalue weighted by Gasteiger charge is -2.47. The Balaban J connectivity index is 1.81. The molecule has 1 saturated carbocycles. The Morgan fingerprint density at radius 2 is 2.20 bits per heavy atom. The van der Waals surface area contributed by atoms with Gasteiger partial charge in [-0.3, -0.25) is 9.69 Å². The number of carboxylic acids is 1. The molecule has 0 bridgehead atoms. The average Bonchev–Trinajstić information content (AvgIpc) is 2.84. The van der Waals surface area contributed by atoms with E-state index in [-0.39, 0.29) is 6.04 Å². The van der Waals surface area contributed by atoms with Crippen LogP contribution >= 0.6 is 11.3 Å². The van der Waals surface area contributed by atoms with Crippen LogP contribution in [0.5, 0.6) is 0 Å². The van der Waals surface area contributed by atoms with Crippen molar-refractivity contribution in [3.8, 4) is 0 Å². The summed E-state index contributed by atoms with van der Waals surface area (Å²) in [4.78, 5) is 19.3. The summed E-state index contributed by atoms with van der Waals surface area (Å²) in [6.07, 6.45) is 8.78. The maximum atomic E-state index is 11.6. The van der Waals surface area contributed by atoms with E-state index < -0.39 is 5.97 Å². The molecule has 2 fully saturated rings. The number of piperidine rings is 1. The lowest BCUT2D eigenvalue weighted by Crippen LogP contribution is -2.54. The number of rotatable bonds is 3. The lowest BCUT2D eigenvalue weighted by molar-refractivity contribution is -0.148. The topological polar surface area (TPSA) is 53.4 Å². The molecule has 3 atom stereocenters. The molecule has 1 N–H and O–H groups in total. The number of carboxylic acid groups (broad SMARTS) is 1. The van der Waals surface area contributed by atoms with Gasteiger partial charge in [0.1, 0.15) is 6.04 Å². The first-order valence-corrected chi connectivity index (χ1v) is 8.36. The van der Waals surface area contributed by atoms with E-state index in [9.17, 15) is 9.90 Å². The van der Waals surface area contributed by atoms with Crippen LogP contribution in [0.25, 0.3) is 0 Å². The van der Waals surface area contributed by atoms with Gasteiger partial charge in [-0.2, -0.15) is 0 Å². The minimum absolute atomic E-state index is 0.309. The number of fused-ring (bicyclic) bond motifs is 1. The van der Waals surface area contributed by atoms with E-state index >= 15 is 0 Å². The van der Waals surface area contributed by atoms with Gasteiger partial charge in [-0.15, -0.1) is 11.3 Å². The predicted octanol–water partition coefficient (Wildman–Crippen LogP) is 3.06. The molecule has 4 nitrogen and oxygen atoms in total. The molecule has 1 aromatic rings. The predicted molar refractivity (Wildman–Crippen MR) is 78.8 cm³/mol. The van der Waals surface area contributed by atoms with Crippen LogP contribution in [0, 0.1) is 12.8 Å². The van der Waals surface area contributed by atoms with Crippen LogP contribution < -0.4 is 0 Å². The molecule has 2 heterocycles. The van der Waals surface area contributed by atoms with E-state index in [1.807, 2.05) is 13.1 Å². The zero-order valence-electron chi connectivity index (χ0n) is 11.9. The molecule has 0 amide bonds. The first-order chi connectivity index (χ1) is 9.65. The second-order valence-corrected chi connectivity index (χ2v) is 7.38. The van der Waals surface area contributed by atoms with Crippen LogP contribution in [-0.2, 0) is 11.3 Å². The van der Waals surface area contributed by atoms with Crippen molar-refractivity contribution in [1.82, 2.24) is 9.88 Å². The van der Waals surface area contributed by atoms with Gasteiger partial charge in [0.15, 0.2) is 0 Å². The highest BCUT2D eigenvalue weighted by Gasteiger charge is 2.41. The summed E-state index contributed by atoms with van der Waals surface area (Å²) in [5.74, 6) is 0.0450. The highest BCUT2D eigenvalue weighted by Crippen LogP contribution is 2.39. The van der Waals surface area contributed by atoms with Gasteiger partial charge in [0.25, 0.3) is 0 Å². The third-order valence-corrected chi connectivity index (χ3v) is 5.70. The molecule has 20 heavy (non-hydrogen) atoms. The summed E-state index contributed by atoms with van der Waals surface area (Å²) in [6.45, 7) is 2.76. The van der Waals surface area contributed by atoms with Gasteiger partial charge in [-0.1, -0.05) is 12.8 Å². The third-order valence-electron chi connectivity index (χ3n) is 4.80. The van der Waals surface area contributed by atoms with Crippen molar-refractivity contribution in [1.29, 1.82) is 0 Å². The van der Waals surface area contributed by atoms with E-state index in [4.69, 9.17) is 0 Å². The minimum atomic E-state index is -0.657. The zero-order chi connectivity index (χ0) is 14.1. The van der Waals surface area contributed by atoms with E-state index in [1.165, 1.54) is 24.1 Å². The SMILES string of the molecule is Cc1ncc(CN2C(C(=O)O)CCC3CCCCC32)s1. The molecule has 0 radical (unpaired) electrons. The molecule has 110 valence electrons. The largest absolute Gasteiger partial charge is 0.480 e. The molecule has 5 heteroatoms. The molecule has 3 rings (SSSR count). The maximum absolute atomic E-state index is 11.6. The number of hydrogen-bond acceptors (Lipinski definition) is 4. The van der Waals surface area contributed by atoms with Crippen LogP contribution in [0.4, 0.5) is 0 Å². The Labute approximate surface area is 123 Å². The number of nitrogens with zero attached hydrogens (tertiary/aromatic N) is 2. The maximum Gasteiger partial charge on any atom is 0.320 e. The van der Waals surface area contributed by atoms with Crippen molar-refractivity contribution in [2.45, 2.75) is 64.1 Å². The number of hydrogen-bond donors (Lipinski definition) is 1. The molecular formula is C15H22N2O2S. The Morgan fingerprint density at radius 3 is 2.90 bits per heavy atom. The van der Waals surface area contributed by atoms with Gasteiger partial charge >= 0.3 is 5.97 Å². The standard InChI is InChI=1S/C15H22N2O2S/c1-10-16-8-12(20-10)9-17-13-5-3-2-4-11(13)6-7-14(17)15(18)19/h8,11,13-14H,2-7,9H2,1H3,(H,18,19). The molecule has 0 aromatic carbocycles. The van der Waals surface area contributed by atoms with E-state index in [1.54, 1.807) is 11.3 Å². The Kier molecular flexibility index (Phi) is 4.08. The lowest BCUT2D eigenvalue weighted by atomic mass is 9.76. The summed E-state index contributed by atoms with van der Waals surface area (Å²) in [7, 11) is 0. The monoisotopic (exact) mass is 294 g/mol. The molecule has 1 aromatic heterocycles. The van der Waals surface area contributed by atoms with Crippen molar-refractivity contribution < 1.29 is 9.90 Å². The van der Waals surface area contributed by atoms with Crippen LogP contribution in [0.3, 0.4) is 0 Å². The van der Waals surface area contributed by atoms with Crippen molar-refractivity contribution in [2.24, 2.45) is 5.92 Å². The number of likely N-dealkylation sites (tertiary alicyclic amines) is 1. The average molecular weight is 294 g/mol. The quantitative estimate of drug-likeness (QED) is 0.931. The van der Waals surface area contributed by atoms with Crippen molar-refractivity contribution in [3.63, 3.8) is 0 Å². The van der Waals surface area contributed by atoms with Crippen LogP contribution in [0.15, 0.2) is 6.20 Å². The van der Waals surface area contributed by atoms with Crippen molar-refractivity contribution >= 4 is 17.3 Å². The fourth-order valence-electron chi connectivity index (χ4n) is 3.88. The first-order valence-electron chi connectivity index (χ1n) is 7.55. The molecule has 1 aliphatic carbocycles. The summed E-state index contributed by atoms with van der Waals surface area (Å²) in [5, 5.41) is 10.6. The summed E-state index contributed by atoms with van der Waals surface area (Å²) < 4.78 is 0. The van der Waals surface area contributed by atoms with Gasteiger partial charge in [-0.05, 0) is 38.5 Å². The van der Waals surface area contributed by atoms with E-state index in [2.05, 4.69) is 9.88 Å². The van der Waals surface area contributed by atoms with Gasteiger partial charge in [0, 0.05) is 23.7 Å². The molecule has 1 aliphatic heterocycles. The summed E-state index contributed by atoms with van der Waals surface area (Å²) in [6, 6.07) is 0.151. The Morgan fingerprint density at radius 1 is 1.40 bits per heavy atom. The molecule has 2 aliphatic rings.